The Hall–Kier alpha value is -1.16. The Bertz CT molecular complexity index is 289. The van der Waals surface area contributed by atoms with Crippen LogP contribution in [0.5, 0.6) is 5.75 Å². The number of benzene rings is 1. The highest BCUT2D eigenvalue weighted by Gasteiger charge is 2.05. The summed E-state index contributed by atoms with van der Waals surface area (Å²) in [6.45, 7) is 1.46. The fraction of sp³-hybridized carbons (Fsp3) is 0.333. The Morgan fingerprint density at radius 3 is 2.62 bits per heavy atom. The van der Waals surface area contributed by atoms with Crippen molar-refractivity contribution in [3.8, 4) is 5.75 Å². The molecule has 1 N–H and O–H groups in total. The molecule has 0 spiro atoms. The van der Waals surface area contributed by atoms with Gasteiger partial charge < -0.3 is 9.84 Å². The van der Waals surface area contributed by atoms with Gasteiger partial charge in [-0.2, -0.15) is 0 Å². The minimum atomic E-state index is -0.956. The van der Waals surface area contributed by atoms with Gasteiger partial charge in [0.05, 0.1) is 6.61 Å². The molecule has 0 aliphatic carbocycles. The summed E-state index contributed by atoms with van der Waals surface area (Å²) < 4.78 is 30.1. The maximum atomic E-state index is 12.6. The van der Waals surface area contributed by atoms with E-state index >= 15 is 0 Å². The van der Waals surface area contributed by atoms with Crippen molar-refractivity contribution in [3.63, 3.8) is 0 Å². The van der Waals surface area contributed by atoms with Gasteiger partial charge in [0.25, 0.3) is 0 Å². The Morgan fingerprint density at radius 2 is 2.08 bits per heavy atom. The lowest BCUT2D eigenvalue weighted by Crippen LogP contribution is -2.16. The number of hydrogen-bond donors (Lipinski definition) is 1. The van der Waals surface area contributed by atoms with Crippen molar-refractivity contribution in [2.75, 3.05) is 6.61 Å². The van der Waals surface area contributed by atoms with E-state index in [-0.39, 0.29) is 12.4 Å². The van der Waals surface area contributed by atoms with E-state index in [0.717, 1.165) is 12.1 Å². The molecule has 0 aliphatic heterocycles. The molecule has 72 valence electrons. The van der Waals surface area contributed by atoms with Gasteiger partial charge >= 0.3 is 0 Å². The smallest absolute Gasteiger partial charge is 0.162 e. The van der Waals surface area contributed by atoms with Gasteiger partial charge in [0.1, 0.15) is 11.9 Å². The predicted octanol–water partition coefficient (Wildman–Crippen LogP) is 1.72. The van der Waals surface area contributed by atoms with Crippen LogP contribution in [0.3, 0.4) is 0 Å². The Labute approximate surface area is 74.8 Å². The number of ether oxygens (including phenoxy) is 1. The highest BCUT2D eigenvalue weighted by atomic mass is 19.2. The van der Waals surface area contributed by atoms with Crippen molar-refractivity contribution in [2.24, 2.45) is 0 Å². The van der Waals surface area contributed by atoms with Crippen LogP contribution >= 0.6 is 0 Å². The molecular formula is C9H10F2O2. The molecule has 0 aliphatic rings. The van der Waals surface area contributed by atoms with E-state index in [1.54, 1.807) is 6.92 Å². The molecule has 0 heterocycles. The summed E-state index contributed by atoms with van der Waals surface area (Å²) >= 11 is 0. The van der Waals surface area contributed by atoms with E-state index < -0.39 is 17.7 Å². The lowest BCUT2D eigenvalue weighted by molar-refractivity contribution is 0.129. The summed E-state index contributed by atoms with van der Waals surface area (Å²) in [5.41, 5.74) is 0. The first kappa shape index (κ1) is 9.92. The molecular weight excluding hydrogens is 178 g/mol. The maximum Gasteiger partial charge on any atom is 0.162 e. The van der Waals surface area contributed by atoms with Crippen LogP contribution < -0.4 is 4.74 Å². The largest absolute Gasteiger partial charge is 0.488 e. The van der Waals surface area contributed by atoms with Gasteiger partial charge in [-0.3, -0.25) is 0 Å². The van der Waals surface area contributed by atoms with E-state index in [0.29, 0.717) is 0 Å². The number of aliphatic hydroxyl groups excluding tert-OH is 1. The Balaban J connectivity index is 2.73. The van der Waals surface area contributed by atoms with E-state index in [1.165, 1.54) is 6.07 Å². The number of halogens is 2. The molecule has 1 aromatic rings. The number of aliphatic hydroxyl groups is 1. The number of hydrogen-bond acceptors (Lipinski definition) is 2. The monoisotopic (exact) mass is 188 g/mol. The molecule has 0 radical (unpaired) electrons. The van der Waals surface area contributed by atoms with Crippen molar-refractivity contribution >= 4 is 0 Å². The fourth-order valence-electron chi connectivity index (χ4n) is 0.820. The molecule has 0 amide bonds. The normalized spacial score (nSPS) is 12.6. The Kier molecular flexibility index (Phi) is 3.19. The van der Waals surface area contributed by atoms with E-state index in [1.807, 2.05) is 0 Å². The highest BCUT2D eigenvalue weighted by molar-refractivity contribution is 5.23. The lowest BCUT2D eigenvalue weighted by Gasteiger charge is -2.11. The zero-order chi connectivity index (χ0) is 9.84. The summed E-state index contributed by atoms with van der Waals surface area (Å²) in [5, 5.41) is 8.63. The molecule has 2 nitrogen and oxygen atoms in total. The third-order valence-corrected chi connectivity index (χ3v) is 1.49. The zero-order valence-corrected chi connectivity index (χ0v) is 7.13. The van der Waals surface area contributed by atoms with Crippen LogP contribution in [-0.4, -0.2) is 17.8 Å². The van der Waals surface area contributed by atoms with Crippen molar-refractivity contribution in [3.05, 3.63) is 29.8 Å². The van der Waals surface area contributed by atoms with Crippen molar-refractivity contribution in [1.82, 2.24) is 0 Å². The van der Waals surface area contributed by atoms with Gasteiger partial charge in [0, 0.05) is 6.07 Å². The second-order valence-corrected chi connectivity index (χ2v) is 2.69. The first-order valence-electron chi connectivity index (χ1n) is 3.86. The van der Waals surface area contributed by atoms with Crippen molar-refractivity contribution < 1.29 is 18.6 Å². The summed E-state index contributed by atoms with van der Waals surface area (Å²) in [4.78, 5) is 0. The number of rotatable bonds is 3. The molecule has 1 atom stereocenters. The van der Waals surface area contributed by atoms with Crippen LogP contribution in [0.2, 0.25) is 0 Å². The lowest BCUT2D eigenvalue weighted by atomic mass is 10.3. The second kappa shape index (κ2) is 4.18. The van der Waals surface area contributed by atoms with Crippen LogP contribution in [-0.2, 0) is 0 Å². The predicted molar refractivity (Wildman–Crippen MR) is 43.5 cm³/mol. The zero-order valence-electron chi connectivity index (χ0n) is 7.13. The summed E-state index contributed by atoms with van der Waals surface area (Å²) in [6.07, 6.45) is -0.426. The summed E-state index contributed by atoms with van der Waals surface area (Å²) in [7, 11) is 0. The summed E-state index contributed by atoms with van der Waals surface area (Å²) in [5.74, 6) is -1.66. The highest BCUT2D eigenvalue weighted by Crippen LogP contribution is 2.16. The second-order valence-electron chi connectivity index (χ2n) is 2.69. The summed E-state index contributed by atoms with van der Waals surface area (Å²) in [6, 6.07) is 3.24. The topological polar surface area (TPSA) is 29.5 Å². The van der Waals surface area contributed by atoms with Gasteiger partial charge in [-0.05, 0) is 19.1 Å². The third-order valence-electron chi connectivity index (χ3n) is 1.49. The molecule has 0 bridgehead atoms. The van der Waals surface area contributed by atoms with E-state index in [4.69, 9.17) is 9.84 Å². The first-order chi connectivity index (χ1) is 6.13. The Morgan fingerprint density at radius 1 is 1.38 bits per heavy atom. The molecule has 0 fully saturated rings. The quantitative estimate of drug-likeness (QED) is 0.782. The molecule has 1 aromatic carbocycles. The van der Waals surface area contributed by atoms with Crippen LogP contribution in [0.15, 0.2) is 18.2 Å². The molecule has 1 unspecified atom stereocenters. The minimum Gasteiger partial charge on any atom is -0.488 e. The maximum absolute atomic E-state index is 12.6. The van der Waals surface area contributed by atoms with Crippen LogP contribution in [0.25, 0.3) is 0 Å². The molecule has 0 saturated carbocycles. The van der Waals surface area contributed by atoms with Crippen molar-refractivity contribution in [1.29, 1.82) is 0 Å². The van der Waals surface area contributed by atoms with Crippen LogP contribution in [0, 0.1) is 11.6 Å². The van der Waals surface area contributed by atoms with Crippen LogP contribution in [0.4, 0.5) is 8.78 Å². The van der Waals surface area contributed by atoms with Crippen LogP contribution in [0.1, 0.15) is 6.92 Å². The van der Waals surface area contributed by atoms with Gasteiger partial charge in [-0.1, -0.05) is 0 Å². The van der Waals surface area contributed by atoms with Gasteiger partial charge in [-0.15, -0.1) is 0 Å². The van der Waals surface area contributed by atoms with Gasteiger partial charge in [0.15, 0.2) is 11.6 Å². The van der Waals surface area contributed by atoms with Crippen molar-refractivity contribution in [2.45, 2.75) is 13.0 Å². The first-order valence-corrected chi connectivity index (χ1v) is 3.86. The molecule has 0 aromatic heterocycles. The van der Waals surface area contributed by atoms with Gasteiger partial charge in [-0.25, -0.2) is 8.78 Å². The molecule has 4 heteroatoms. The molecule has 1 rings (SSSR count). The minimum absolute atomic E-state index is 0.168. The van der Waals surface area contributed by atoms with E-state index in [2.05, 4.69) is 0 Å². The SMILES string of the molecule is CC(CO)Oc1ccc(F)c(F)c1. The van der Waals surface area contributed by atoms with Gasteiger partial charge in [0.2, 0.25) is 0 Å². The molecule has 13 heavy (non-hydrogen) atoms. The molecule has 0 saturated heterocycles. The average molecular weight is 188 g/mol. The fourth-order valence-corrected chi connectivity index (χ4v) is 0.820. The average Bonchev–Trinajstić information content (AvgIpc) is 2.11. The standard InChI is InChI=1S/C9H10F2O2/c1-6(5-12)13-7-2-3-8(10)9(11)4-7/h2-4,6,12H,5H2,1H3. The van der Waals surface area contributed by atoms with E-state index in [9.17, 15) is 8.78 Å². The third kappa shape index (κ3) is 2.66.